The number of nitrogens with zero attached hydrogens (tertiary/aromatic N) is 1. The van der Waals surface area contributed by atoms with Crippen LogP contribution in [0.5, 0.6) is 0 Å². The summed E-state index contributed by atoms with van der Waals surface area (Å²) in [6.45, 7) is 1.12. The standard InChI is InChI=1S/C13H15F3N2/c14-13(15,16)12-6-4-5-11(9-12)10-18-8-3-1-2-7-17/h4-6,9,18H,1-3,8,10H2. The molecule has 1 aromatic carbocycles. The van der Waals surface area contributed by atoms with Crippen LogP contribution in [0.1, 0.15) is 30.4 Å². The van der Waals surface area contributed by atoms with E-state index in [0.717, 1.165) is 25.0 Å². The van der Waals surface area contributed by atoms with Gasteiger partial charge in [0.1, 0.15) is 0 Å². The molecule has 1 rings (SSSR count). The van der Waals surface area contributed by atoms with Crippen LogP contribution in [-0.2, 0) is 12.7 Å². The largest absolute Gasteiger partial charge is 0.416 e. The third-order valence-corrected chi connectivity index (χ3v) is 2.48. The van der Waals surface area contributed by atoms with Gasteiger partial charge in [0.05, 0.1) is 11.6 Å². The molecule has 0 spiro atoms. The summed E-state index contributed by atoms with van der Waals surface area (Å²) in [4.78, 5) is 0. The van der Waals surface area contributed by atoms with Crippen molar-refractivity contribution >= 4 is 0 Å². The number of unbranched alkanes of at least 4 members (excludes halogenated alkanes) is 2. The van der Waals surface area contributed by atoms with Gasteiger partial charge in [-0.25, -0.2) is 0 Å². The fraction of sp³-hybridized carbons (Fsp3) is 0.462. The second-order valence-corrected chi connectivity index (χ2v) is 3.99. The van der Waals surface area contributed by atoms with Crippen molar-refractivity contribution in [1.82, 2.24) is 5.32 Å². The summed E-state index contributed by atoms with van der Waals surface area (Å²) >= 11 is 0. The molecule has 0 aliphatic rings. The Bertz CT molecular complexity index is 407. The summed E-state index contributed by atoms with van der Waals surface area (Å²) in [7, 11) is 0. The van der Waals surface area contributed by atoms with E-state index in [-0.39, 0.29) is 0 Å². The number of hydrogen-bond donors (Lipinski definition) is 1. The Labute approximate surface area is 104 Å². The molecule has 1 N–H and O–H groups in total. The van der Waals surface area contributed by atoms with Crippen LogP contribution in [0.15, 0.2) is 24.3 Å². The van der Waals surface area contributed by atoms with Crippen molar-refractivity contribution in [1.29, 1.82) is 5.26 Å². The minimum absolute atomic E-state index is 0.413. The predicted molar refractivity (Wildman–Crippen MR) is 62.6 cm³/mol. The van der Waals surface area contributed by atoms with Crippen LogP contribution in [0.2, 0.25) is 0 Å². The van der Waals surface area contributed by atoms with E-state index in [0.29, 0.717) is 25.1 Å². The Hall–Kier alpha value is -1.54. The lowest BCUT2D eigenvalue weighted by molar-refractivity contribution is -0.137. The van der Waals surface area contributed by atoms with Gasteiger partial charge < -0.3 is 5.32 Å². The Morgan fingerprint density at radius 3 is 2.67 bits per heavy atom. The van der Waals surface area contributed by atoms with Crippen LogP contribution in [0.25, 0.3) is 0 Å². The zero-order valence-electron chi connectivity index (χ0n) is 9.93. The first-order chi connectivity index (χ1) is 8.54. The van der Waals surface area contributed by atoms with Crippen molar-refractivity contribution in [2.24, 2.45) is 0 Å². The van der Waals surface area contributed by atoms with E-state index in [1.165, 1.54) is 6.07 Å². The molecule has 0 radical (unpaired) electrons. The smallest absolute Gasteiger partial charge is 0.313 e. The Kier molecular flexibility index (Phi) is 5.66. The van der Waals surface area contributed by atoms with Crippen LogP contribution in [-0.4, -0.2) is 6.54 Å². The molecule has 0 atom stereocenters. The molecule has 0 heterocycles. The number of halogens is 3. The molecule has 5 heteroatoms. The zero-order chi connectivity index (χ0) is 13.4. The maximum atomic E-state index is 12.4. The van der Waals surface area contributed by atoms with Crippen LogP contribution in [0, 0.1) is 11.3 Å². The minimum atomic E-state index is -4.29. The van der Waals surface area contributed by atoms with E-state index in [2.05, 4.69) is 5.32 Å². The van der Waals surface area contributed by atoms with Gasteiger partial charge in [-0.3, -0.25) is 0 Å². The first-order valence-corrected chi connectivity index (χ1v) is 5.78. The molecule has 0 fully saturated rings. The summed E-state index contributed by atoms with van der Waals surface area (Å²) in [5.74, 6) is 0. The molecular weight excluding hydrogens is 241 g/mol. The second-order valence-electron chi connectivity index (χ2n) is 3.99. The lowest BCUT2D eigenvalue weighted by atomic mass is 10.1. The van der Waals surface area contributed by atoms with Gasteiger partial charge in [-0.05, 0) is 31.0 Å². The summed E-state index contributed by atoms with van der Waals surface area (Å²) in [6, 6.07) is 7.34. The van der Waals surface area contributed by atoms with Crippen LogP contribution in [0.3, 0.4) is 0 Å². The topological polar surface area (TPSA) is 35.8 Å². The first kappa shape index (κ1) is 14.5. The highest BCUT2D eigenvalue weighted by atomic mass is 19.4. The molecule has 0 saturated carbocycles. The molecule has 0 aromatic heterocycles. The Morgan fingerprint density at radius 2 is 2.00 bits per heavy atom. The molecule has 0 aliphatic carbocycles. The van der Waals surface area contributed by atoms with Crippen molar-refractivity contribution in [3.63, 3.8) is 0 Å². The Morgan fingerprint density at radius 1 is 1.22 bits per heavy atom. The fourth-order valence-electron chi connectivity index (χ4n) is 1.54. The molecule has 0 amide bonds. The maximum Gasteiger partial charge on any atom is 0.416 e. The second kappa shape index (κ2) is 7.02. The minimum Gasteiger partial charge on any atom is -0.313 e. The summed E-state index contributed by atoms with van der Waals surface area (Å²) < 4.78 is 37.3. The SMILES string of the molecule is N#CCCCCNCc1cccc(C(F)(F)F)c1. The molecule has 0 aliphatic heterocycles. The van der Waals surface area contributed by atoms with E-state index in [1.807, 2.05) is 6.07 Å². The molecule has 98 valence electrons. The molecule has 1 aromatic rings. The van der Waals surface area contributed by atoms with Gasteiger partial charge in [-0.15, -0.1) is 0 Å². The van der Waals surface area contributed by atoms with Crippen molar-refractivity contribution in [2.45, 2.75) is 32.0 Å². The number of alkyl halides is 3. The van der Waals surface area contributed by atoms with Crippen molar-refractivity contribution < 1.29 is 13.2 Å². The number of nitriles is 1. The highest BCUT2D eigenvalue weighted by molar-refractivity contribution is 5.25. The quantitative estimate of drug-likeness (QED) is 0.791. The normalized spacial score (nSPS) is 11.2. The van der Waals surface area contributed by atoms with Crippen molar-refractivity contribution in [3.8, 4) is 6.07 Å². The van der Waals surface area contributed by atoms with Gasteiger partial charge in [0.2, 0.25) is 0 Å². The maximum absolute atomic E-state index is 12.4. The third-order valence-electron chi connectivity index (χ3n) is 2.48. The molecule has 2 nitrogen and oxygen atoms in total. The van der Waals surface area contributed by atoms with Gasteiger partial charge in [-0.2, -0.15) is 18.4 Å². The van der Waals surface area contributed by atoms with Gasteiger partial charge in [0, 0.05) is 13.0 Å². The highest BCUT2D eigenvalue weighted by Crippen LogP contribution is 2.29. The number of rotatable bonds is 6. The van der Waals surface area contributed by atoms with E-state index in [4.69, 9.17) is 5.26 Å². The summed E-state index contributed by atoms with van der Waals surface area (Å²) in [5.41, 5.74) is -0.00334. The molecular formula is C13H15F3N2. The monoisotopic (exact) mass is 256 g/mol. The third kappa shape index (κ3) is 5.19. The van der Waals surface area contributed by atoms with Crippen molar-refractivity contribution in [2.75, 3.05) is 6.54 Å². The first-order valence-electron chi connectivity index (χ1n) is 5.78. The van der Waals surface area contributed by atoms with Crippen LogP contribution < -0.4 is 5.32 Å². The van der Waals surface area contributed by atoms with E-state index < -0.39 is 11.7 Å². The fourth-order valence-corrected chi connectivity index (χ4v) is 1.54. The molecule has 0 saturated heterocycles. The number of hydrogen-bond acceptors (Lipinski definition) is 2. The number of benzene rings is 1. The van der Waals surface area contributed by atoms with Gasteiger partial charge >= 0.3 is 6.18 Å². The predicted octanol–water partition coefficient (Wildman–Crippen LogP) is 3.49. The average molecular weight is 256 g/mol. The number of nitrogens with one attached hydrogen (secondary N) is 1. The molecule has 0 unspecified atom stereocenters. The average Bonchev–Trinajstić information content (AvgIpc) is 2.33. The summed E-state index contributed by atoms with van der Waals surface area (Å²) in [6.07, 6.45) is -2.10. The molecule has 0 bridgehead atoms. The van der Waals surface area contributed by atoms with Crippen LogP contribution >= 0.6 is 0 Å². The zero-order valence-corrected chi connectivity index (χ0v) is 9.93. The highest BCUT2D eigenvalue weighted by Gasteiger charge is 2.30. The van der Waals surface area contributed by atoms with Gasteiger partial charge in [0.25, 0.3) is 0 Å². The van der Waals surface area contributed by atoms with Crippen molar-refractivity contribution in [3.05, 3.63) is 35.4 Å². The lowest BCUT2D eigenvalue weighted by Crippen LogP contribution is -2.15. The van der Waals surface area contributed by atoms with E-state index in [1.54, 1.807) is 6.07 Å². The van der Waals surface area contributed by atoms with E-state index >= 15 is 0 Å². The summed E-state index contributed by atoms with van der Waals surface area (Å²) in [5, 5.41) is 11.4. The lowest BCUT2D eigenvalue weighted by Gasteiger charge is -2.09. The van der Waals surface area contributed by atoms with E-state index in [9.17, 15) is 13.2 Å². The molecule has 18 heavy (non-hydrogen) atoms. The Balaban J connectivity index is 2.37. The van der Waals surface area contributed by atoms with Gasteiger partial charge in [0.15, 0.2) is 0 Å². The van der Waals surface area contributed by atoms with Gasteiger partial charge in [-0.1, -0.05) is 18.2 Å². The van der Waals surface area contributed by atoms with Crippen LogP contribution in [0.4, 0.5) is 13.2 Å².